The molecule has 1 atom stereocenters. The van der Waals surface area contributed by atoms with Gasteiger partial charge in [-0.2, -0.15) is 0 Å². The maximum absolute atomic E-state index is 12.3. The first-order valence-electron chi connectivity index (χ1n) is 7.62. The molecule has 0 radical (unpaired) electrons. The van der Waals surface area contributed by atoms with Crippen LogP contribution >= 0.6 is 0 Å². The lowest BCUT2D eigenvalue weighted by Crippen LogP contribution is -2.41. The minimum absolute atomic E-state index is 0.0199. The number of benzene rings is 1. The van der Waals surface area contributed by atoms with Gasteiger partial charge in [0.25, 0.3) is 0 Å². The largest absolute Gasteiger partial charge is 0.465 e. The lowest BCUT2D eigenvalue weighted by molar-refractivity contribution is -0.129. The number of methoxy groups -OCH3 is 1. The first-order valence-corrected chi connectivity index (χ1v) is 9.44. The average molecular weight is 354 g/mol. The third-order valence-corrected chi connectivity index (χ3v) is 5.99. The predicted molar refractivity (Wildman–Crippen MR) is 90.8 cm³/mol. The number of hydrogen-bond acceptors (Lipinski definition) is 6. The number of ether oxygens (including phenoxy) is 1. The van der Waals surface area contributed by atoms with Crippen LogP contribution in [0.15, 0.2) is 18.2 Å². The predicted octanol–water partition coefficient (Wildman–Crippen LogP) is 0.839. The quantitative estimate of drug-likeness (QED) is 0.788. The van der Waals surface area contributed by atoms with E-state index >= 15 is 0 Å². The zero-order valence-corrected chi connectivity index (χ0v) is 14.9. The molecule has 1 N–H and O–H groups in total. The van der Waals surface area contributed by atoms with Crippen LogP contribution < -0.4 is 5.32 Å². The third-order valence-electron chi connectivity index (χ3n) is 4.24. The van der Waals surface area contributed by atoms with Crippen molar-refractivity contribution in [1.82, 2.24) is 4.90 Å². The van der Waals surface area contributed by atoms with Gasteiger partial charge in [-0.05, 0) is 31.0 Å². The highest BCUT2D eigenvalue weighted by Crippen LogP contribution is 2.19. The van der Waals surface area contributed by atoms with Gasteiger partial charge in [-0.25, -0.2) is 13.2 Å². The summed E-state index contributed by atoms with van der Waals surface area (Å²) in [6.45, 7) is 1.89. The van der Waals surface area contributed by atoms with Gasteiger partial charge in [-0.3, -0.25) is 4.79 Å². The van der Waals surface area contributed by atoms with Crippen LogP contribution in [0, 0.1) is 6.92 Å². The van der Waals surface area contributed by atoms with Gasteiger partial charge in [0.05, 0.1) is 30.7 Å². The van der Waals surface area contributed by atoms with Gasteiger partial charge in [0, 0.05) is 18.8 Å². The van der Waals surface area contributed by atoms with Gasteiger partial charge in [0.15, 0.2) is 9.84 Å². The molecule has 1 aliphatic rings. The molecule has 0 bridgehead atoms. The molecule has 1 fully saturated rings. The molecule has 1 aliphatic heterocycles. The smallest absolute Gasteiger partial charge is 0.337 e. The molecule has 0 unspecified atom stereocenters. The first-order chi connectivity index (χ1) is 11.2. The number of amides is 1. The molecule has 1 aromatic carbocycles. The van der Waals surface area contributed by atoms with Crippen molar-refractivity contribution in [2.75, 3.05) is 37.5 Å². The number of rotatable bonds is 5. The van der Waals surface area contributed by atoms with Crippen LogP contribution in [0.3, 0.4) is 0 Å². The maximum Gasteiger partial charge on any atom is 0.337 e. The second kappa shape index (κ2) is 7.21. The molecule has 0 aliphatic carbocycles. The monoisotopic (exact) mass is 354 g/mol. The van der Waals surface area contributed by atoms with Gasteiger partial charge in [-0.15, -0.1) is 0 Å². The average Bonchev–Trinajstić information content (AvgIpc) is 2.92. The Morgan fingerprint density at radius 3 is 2.67 bits per heavy atom. The Labute approximate surface area is 141 Å². The molecule has 0 saturated carbocycles. The Morgan fingerprint density at radius 2 is 2.08 bits per heavy atom. The molecular formula is C16H22N2O5S. The normalized spacial score (nSPS) is 18.9. The summed E-state index contributed by atoms with van der Waals surface area (Å²) in [5, 5.41) is 3.01. The summed E-state index contributed by atoms with van der Waals surface area (Å²) in [7, 11) is -0.104. The summed E-state index contributed by atoms with van der Waals surface area (Å²) in [4.78, 5) is 25.3. The Kier molecular flexibility index (Phi) is 5.48. The molecule has 2 rings (SSSR count). The molecule has 0 aromatic heterocycles. The van der Waals surface area contributed by atoms with Crippen LogP contribution in [0.5, 0.6) is 0 Å². The fraction of sp³-hybridized carbons (Fsp3) is 0.500. The van der Waals surface area contributed by atoms with Crippen molar-refractivity contribution in [2.24, 2.45) is 0 Å². The number of hydrogen-bond donors (Lipinski definition) is 1. The number of anilines is 1. The summed E-state index contributed by atoms with van der Waals surface area (Å²) in [5.41, 5.74) is 1.95. The third kappa shape index (κ3) is 4.25. The van der Waals surface area contributed by atoms with Gasteiger partial charge in [0.2, 0.25) is 5.91 Å². The molecule has 7 nitrogen and oxygen atoms in total. The van der Waals surface area contributed by atoms with Crippen LogP contribution in [0.2, 0.25) is 0 Å². The highest BCUT2D eigenvalue weighted by Gasteiger charge is 2.32. The van der Waals surface area contributed by atoms with E-state index < -0.39 is 15.8 Å². The summed E-state index contributed by atoms with van der Waals surface area (Å²) < 4.78 is 27.7. The Hall–Kier alpha value is -2.09. The number of carbonyl (C=O) groups excluding carboxylic acids is 2. The van der Waals surface area contributed by atoms with E-state index in [9.17, 15) is 18.0 Å². The van der Waals surface area contributed by atoms with Crippen molar-refractivity contribution in [3.8, 4) is 0 Å². The van der Waals surface area contributed by atoms with E-state index in [2.05, 4.69) is 10.1 Å². The minimum atomic E-state index is -3.03. The molecule has 1 aromatic rings. The molecule has 1 heterocycles. The van der Waals surface area contributed by atoms with Crippen molar-refractivity contribution in [1.29, 1.82) is 0 Å². The summed E-state index contributed by atoms with van der Waals surface area (Å²) in [6.07, 6.45) is 0.474. The maximum atomic E-state index is 12.3. The van der Waals surface area contributed by atoms with Crippen LogP contribution in [0.25, 0.3) is 0 Å². The van der Waals surface area contributed by atoms with E-state index in [0.29, 0.717) is 17.7 Å². The van der Waals surface area contributed by atoms with Gasteiger partial charge >= 0.3 is 5.97 Å². The van der Waals surface area contributed by atoms with Crippen LogP contribution in [0.1, 0.15) is 22.3 Å². The van der Waals surface area contributed by atoms with Crippen molar-refractivity contribution in [2.45, 2.75) is 19.4 Å². The highest BCUT2D eigenvalue weighted by atomic mass is 32.2. The molecule has 8 heteroatoms. The minimum Gasteiger partial charge on any atom is -0.465 e. The summed E-state index contributed by atoms with van der Waals surface area (Å²) in [5.74, 6) is -0.493. The van der Waals surface area contributed by atoms with E-state index in [1.807, 2.05) is 6.92 Å². The molecular weight excluding hydrogens is 332 g/mol. The number of esters is 1. The van der Waals surface area contributed by atoms with E-state index in [1.165, 1.54) is 12.0 Å². The van der Waals surface area contributed by atoms with Gasteiger partial charge < -0.3 is 15.0 Å². The van der Waals surface area contributed by atoms with E-state index in [0.717, 1.165) is 5.56 Å². The molecule has 24 heavy (non-hydrogen) atoms. The number of sulfone groups is 1. The topological polar surface area (TPSA) is 92.8 Å². The lowest BCUT2D eigenvalue weighted by atomic mass is 10.1. The fourth-order valence-corrected chi connectivity index (χ4v) is 4.41. The van der Waals surface area contributed by atoms with E-state index in [4.69, 9.17) is 0 Å². The lowest BCUT2D eigenvalue weighted by Gasteiger charge is -2.24. The standard InChI is InChI=1S/C16H22N2O5S/c1-11-4-5-12(16(20)23-3)8-14(11)17-9-15(19)18(2)13-6-7-24(21,22)10-13/h4-5,8,13,17H,6-7,9-10H2,1-3H3/t13-/m1/s1. The van der Waals surface area contributed by atoms with E-state index in [-0.39, 0.29) is 30.0 Å². The Morgan fingerprint density at radius 1 is 1.38 bits per heavy atom. The van der Waals surface area contributed by atoms with Gasteiger partial charge in [0.1, 0.15) is 0 Å². The number of aryl methyl sites for hydroxylation is 1. The van der Waals surface area contributed by atoms with Crippen molar-refractivity contribution in [3.05, 3.63) is 29.3 Å². The van der Waals surface area contributed by atoms with Crippen LogP contribution in [-0.2, 0) is 19.4 Å². The molecule has 132 valence electrons. The summed E-state index contributed by atoms with van der Waals surface area (Å²) >= 11 is 0. The van der Waals surface area contributed by atoms with Crippen LogP contribution in [0.4, 0.5) is 5.69 Å². The molecule has 1 amide bonds. The fourth-order valence-electron chi connectivity index (χ4n) is 2.64. The summed E-state index contributed by atoms with van der Waals surface area (Å²) in [6, 6.07) is 4.79. The van der Waals surface area contributed by atoms with E-state index in [1.54, 1.807) is 25.2 Å². The number of likely N-dealkylation sites (N-methyl/N-ethyl adjacent to an activating group) is 1. The van der Waals surface area contributed by atoms with Crippen molar-refractivity contribution < 1.29 is 22.7 Å². The Balaban J connectivity index is 2.00. The van der Waals surface area contributed by atoms with Crippen molar-refractivity contribution >= 4 is 27.4 Å². The number of nitrogens with one attached hydrogen (secondary N) is 1. The first kappa shape index (κ1) is 18.3. The van der Waals surface area contributed by atoms with Crippen molar-refractivity contribution in [3.63, 3.8) is 0 Å². The second-order valence-electron chi connectivity index (χ2n) is 5.94. The molecule has 0 spiro atoms. The van der Waals surface area contributed by atoms with Gasteiger partial charge in [-0.1, -0.05) is 6.07 Å². The second-order valence-corrected chi connectivity index (χ2v) is 8.17. The SMILES string of the molecule is COC(=O)c1ccc(C)c(NCC(=O)N(C)[C@@H]2CCS(=O)(=O)C2)c1. The zero-order valence-electron chi connectivity index (χ0n) is 14.0. The number of nitrogens with zero attached hydrogens (tertiary/aromatic N) is 1. The highest BCUT2D eigenvalue weighted by molar-refractivity contribution is 7.91. The molecule has 1 saturated heterocycles. The number of carbonyl (C=O) groups is 2. The Bertz CT molecular complexity index is 745. The zero-order chi connectivity index (χ0) is 17.9. The van der Waals surface area contributed by atoms with Crippen LogP contribution in [-0.4, -0.2) is 63.4 Å².